The highest BCUT2D eigenvalue weighted by molar-refractivity contribution is 7.92. The summed E-state index contributed by atoms with van der Waals surface area (Å²) >= 11 is 0. The van der Waals surface area contributed by atoms with Crippen LogP contribution in [0.15, 0.2) is 72.8 Å². The lowest BCUT2D eigenvalue weighted by Crippen LogP contribution is -2.18. The van der Waals surface area contributed by atoms with Gasteiger partial charge in [-0.2, -0.15) is 13.2 Å². The van der Waals surface area contributed by atoms with Crippen LogP contribution >= 0.6 is 0 Å². The van der Waals surface area contributed by atoms with Gasteiger partial charge in [0.05, 0.1) is 29.6 Å². The minimum Gasteiger partial charge on any atom is -0.324 e. The Morgan fingerprint density at radius 3 is 2.06 bits per heavy atom. The van der Waals surface area contributed by atoms with Crippen LogP contribution in [0.5, 0.6) is 0 Å². The predicted octanol–water partition coefficient (Wildman–Crippen LogP) is 4.93. The Labute approximate surface area is 178 Å². The molecule has 0 saturated heterocycles. The Hall–Kier alpha value is -3.33. The minimum absolute atomic E-state index is 0.0936. The lowest BCUT2D eigenvalue weighted by molar-refractivity contribution is -0.137. The molecule has 2 N–H and O–H groups in total. The first-order valence-corrected chi connectivity index (χ1v) is 11.0. The van der Waals surface area contributed by atoms with E-state index in [0.717, 1.165) is 29.5 Å². The second-order valence-corrected chi connectivity index (χ2v) is 8.67. The van der Waals surface area contributed by atoms with E-state index in [1.54, 1.807) is 12.1 Å². The summed E-state index contributed by atoms with van der Waals surface area (Å²) in [5, 5.41) is 2.37. The highest BCUT2D eigenvalue weighted by atomic mass is 32.2. The molecule has 0 atom stereocenters. The molecule has 0 spiro atoms. The van der Waals surface area contributed by atoms with Gasteiger partial charge in [0.1, 0.15) is 0 Å². The molecule has 0 fully saturated rings. The van der Waals surface area contributed by atoms with E-state index in [-0.39, 0.29) is 17.8 Å². The smallest absolute Gasteiger partial charge is 0.324 e. The van der Waals surface area contributed by atoms with Crippen molar-refractivity contribution in [3.8, 4) is 11.1 Å². The second kappa shape index (κ2) is 8.81. The number of benzene rings is 3. The number of rotatable bonds is 6. The normalized spacial score (nSPS) is 11.7. The van der Waals surface area contributed by atoms with Crippen LogP contribution in [0.1, 0.15) is 11.1 Å². The molecule has 0 aliphatic heterocycles. The highest BCUT2D eigenvalue weighted by Gasteiger charge is 2.31. The fraction of sp³-hybridized carbons (Fsp3) is 0.136. The molecule has 9 heteroatoms. The molecule has 0 heterocycles. The number of anilines is 2. The summed E-state index contributed by atoms with van der Waals surface area (Å²) in [7, 11) is -3.76. The number of nitrogens with one attached hydrogen (secondary N) is 2. The average molecular weight is 448 g/mol. The zero-order chi connectivity index (χ0) is 22.6. The number of hydrogen-bond donors (Lipinski definition) is 2. The molecule has 5 nitrogen and oxygen atoms in total. The van der Waals surface area contributed by atoms with E-state index in [4.69, 9.17) is 0 Å². The molecule has 0 radical (unpaired) electrons. The maximum atomic E-state index is 13.0. The zero-order valence-corrected chi connectivity index (χ0v) is 17.2. The number of carbonyl (C=O) groups is 1. The van der Waals surface area contributed by atoms with Gasteiger partial charge in [0.15, 0.2) is 0 Å². The van der Waals surface area contributed by atoms with Crippen molar-refractivity contribution in [2.24, 2.45) is 0 Å². The van der Waals surface area contributed by atoms with Gasteiger partial charge in [0.25, 0.3) is 0 Å². The largest absolute Gasteiger partial charge is 0.416 e. The summed E-state index contributed by atoms with van der Waals surface area (Å²) in [4.78, 5) is 12.4. The quantitative estimate of drug-likeness (QED) is 0.562. The van der Waals surface area contributed by atoms with Gasteiger partial charge in [-0.25, -0.2) is 8.42 Å². The predicted molar refractivity (Wildman–Crippen MR) is 114 cm³/mol. The van der Waals surface area contributed by atoms with Crippen molar-refractivity contribution in [3.63, 3.8) is 0 Å². The van der Waals surface area contributed by atoms with Crippen LogP contribution in [0.25, 0.3) is 11.1 Å². The summed E-state index contributed by atoms with van der Waals surface area (Å²) in [6.07, 6.45) is -3.87. The molecule has 0 bridgehead atoms. The number of carbonyl (C=O) groups excluding carboxylic acids is 1. The van der Waals surface area contributed by atoms with E-state index >= 15 is 0 Å². The number of amides is 1. The molecule has 3 aromatic rings. The van der Waals surface area contributed by atoms with Crippen LogP contribution in [0.2, 0.25) is 0 Å². The maximum Gasteiger partial charge on any atom is 0.416 e. The summed E-state index contributed by atoms with van der Waals surface area (Å²) in [5.41, 5.74) is 1.20. The van der Waals surface area contributed by atoms with Crippen molar-refractivity contribution in [1.29, 1.82) is 0 Å². The molecular weight excluding hydrogens is 429 g/mol. The van der Waals surface area contributed by atoms with Crippen LogP contribution in [-0.4, -0.2) is 20.6 Å². The van der Waals surface area contributed by atoms with Crippen LogP contribution in [0, 0.1) is 0 Å². The summed E-state index contributed by atoms with van der Waals surface area (Å²) in [6.45, 7) is 0. The van der Waals surface area contributed by atoms with E-state index in [1.165, 1.54) is 0 Å². The minimum atomic E-state index is -4.64. The molecule has 162 valence electrons. The van der Waals surface area contributed by atoms with Crippen molar-refractivity contribution in [1.82, 2.24) is 0 Å². The molecular formula is C22H19F3N2O3S. The number of alkyl halides is 3. The molecule has 0 aromatic heterocycles. The summed E-state index contributed by atoms with van der Waals surface area (Å²) in [6, 6.07) is 19.2. The SMILES string of the molecule is CS(=O)(=O)Nc1ccc(C(F)(F)F)cc1NC(=O)Cc1ccc(-c2ccccc2)cc1. The van der Waals surface area contributed by atoms with Crippen LogP contribution in [0.3, 0.4) is 0 Å². The third-order valence-electron chi connectivity index (χ3n) is 4.34. The monoisotopic (exact) mass is 448 g/mol. The third kappa shape index (κ3) is 6.32. The van der Waals surface area contributed by atoms with Crippen LogP contribution in [-0.2, 0) is 27.4 Å². The molecule has 0 aliphatic rings. The lowest BCUT2D eigenvalue weighted by Gasteiger charge is -2.15. The Kier molecular flexibility index (Phi) is 6.35. The van der Waals surface area contributed by atoms with Gasteiger partial charge >= 0.3 is 6.18 Å². The Balaban J connectivity index is 1.78. The van der Waals surface area contributed by atoms with E-state index in [1.807, 2.05) is 42.5 Å². The first-order valence-electron chi connectivity index (χ1n) is 9.14. The molecule has 31 heavy (non-hydrogen) atoms. The van der Waals surface area contributed by atoms with Gasteiger partial charge in [0.2, 0.25) is 15.9 Å². The molecule has 0 aliphatic carbocycles. The van der Waals surface area contributed by atoms with Crippen LogP contribution < -0.4 is 10.0 Å². The van der Waals surface area contributed by atoms with Crippen molar-refractivity contribution in [3.05, 3.63) is 83.9 Å². The van der Waals surface area contributed by atoms with E-state index in [2.05, 4.69) is 10.0 Å². The van der Waals surface area contributed by atoms with E-state index in [0.29, 0.717) is 11.6 Å². The molecule has 1 amide bonds. The van der Waals surface area contributed by atoms with Crippen molar-refractivity contribution < 1.29 is 26.4 Å². The van der Waals surface area contributed by atoms with E-state index in [9.17, 15) is 26.4 Å². The molecule has 0 saturated carbocycles. The standard InChI is InChI=1S/C22H19F3N2O3S/c1-31(29,30)27-19-12-11-18(22(23,24)25)14-20(19)26-21(28)13-15-7-9-17(10-8-15)16-5-3-2-4-6-16/h2-12,14,27H,13H2,1H3,(H,26,28). The molecule has 0 unspecified atom stereocenters. The van der Waals surface area contributed by atoms with Gasteiger partial charge in [-0.3, -0.25) is 9.52 Å². The number of halogens is 3. The van der Waals surface area contributed by atoms with E-state index < -0.39 is 27.7 Å². The fourth-order valence-corrected chi connectivity index (χ4v) is 3.52. The van der Waals surface area contributed by atoms with Gasteiger partial charge in [-0.15, -0.1) is 0 Å². The zero-order valence-electron chi connectivity index (χ0n) is 16.4. The van der Waals surface area contributed by atoms with Gasteiger partial charge < -0.3 is 5.32 Å². The molecule has 3 aromatic carbocycles. The number of sulfonamides is 1. The Morgan fingerprint density at radius 1 is 0.871 bits per heavy atom. The first-order chi connectivity index (χ1) is 14.5. The fourth-order valence-electron chi connectivity index (χ4n) is 2.94. The molecule has 3 rings (SSSR count). The van der Waals surface area contributed by atoms with Crippen molar-refractivity contribution in [2.45, 2.75) is 12.6 Å². The van der Waals surface area contributed by atoms with Gasteiger partial charge in [-0.1, -0.05) is 54.6 Å². The average Bonchev–Trinajstić information content (AvgIpc) is 2.68. The van der Waals surface area contributed by atoms with Crippen molar-refractivity contribution in [2.75, 3.05) is 16.3 Å². The van der Waals surface area contributed by atoms with Gasteiger partial charge in [0, 0.05) is 0 Å². The first kappa shape index (κ1) is 22.4. The Bertz CT molecular complexity index is 1180. The Morgan fingerprint density at radius 2 is 1.48 bits per heavy atom. The third-order valence-corrected chi connectivity index (χ3v) is 4.93. The number of hydrogen-bond acceptors (Lipinski definition) is 3. The highest BCUT2D eigenvalue weighted by Crippen LogP contribution is 2.34. The summed E-state index contributed by atoms with van der Waals surface area (Å²) in [5.74, 6) is -0.580. The summed E-state index contributed by atoms with van der Waals surface area (Å²) < 4.78 is 64.3. The topological polar surface area (TPSA) is 75.3 Å². The van der Waals surface area contributed by atoms with Crippen molar-refractivity contribution >= 4 is 27.3 Å². The van der Waals surface area contributed by atoms with Crippen LogP contribution in [0.4, 0.5) is 24.5 Å². The second-order valence-electron chi connectivity index (χ2n) is 6.92. The lowest BCUT2D eigenvalue weighted by atomic mass is 10.0. The maximum absolute atomic E-state index is 13.0. The van der Waals surface area contributed by atoms with Gasteiger partial charge in [-0.05, 0) is 34.9 Å².